The molecule has 1 aromatic carbocycles. The van der Waals surface area contributed by atoms with Crippen molar-refractivity contribution in [3.8, 4) is 0 Å². The van der Waals surface area contributed by atoms with Gasteiger partial charge < -0.3 is 5.32 Å². The van der Waals surface area contributed by atoms with Crippen LogP contribution < -0.4 is 16.6 Å². The van der Waals surface area contributed by atoms with Crippen molar-refractivity contribution in [2.24, 2.45) is 7.05 Å². The number of nitrogens with zero attached hydrogens (tertiary/aromatic N) is 1. The van der Waals surface area contributed by atoms with E-state index < -0.39 is 5.69 Å². The molecule has 0 fully saturated rings. The van der Waals surface area contributed by atoms with E-state index in [-0.39, 0.29) is 5.56 Å². The second kappa shape index (κ2) is 4.52. The van der Waals surface area contributed by atoms with Crippen LogP contribution in [0, 0.1) is 13.8 Å². The third-order valence-corrected chi connectivity index (χ3v) is 2.65. The zero-order valence-corrected chi connectivity index (χ0v) is 10.6. The molecular formula is C13H15N3O2. The summed E-state index contributed by atoms with van der Waals surface area (Å²) in [7, 11) is 1.43. The second-order valence-electron chi connectivity index (χ2n) is 4.39. The smallest absolute Gasteiger partial charge is 0.329 e. The summed E-state index contributed by atoms with van der Waals surface area (Å²) in [5.41, 5.74) is 2.30. The Kier molecular flexibility index (Phi) is 3.06. The van der Waals surface area contributed by atoms with Gasteiger partial charge in [0.1, 0.15) is 5.82 Å². The molecule has 0 amide bonds. The van der Waals surface area contributed by atoms with E-state index in [0.717, 1.165) is 21.4 Å². The summed E-state index contributed by atoms with van der Waals surface area (Å²) >= 11 is 0. The van der Waals surface area contributed by atoms with Gasteiger partial charge in [0, 0.05) is 18.8 Å². The topological polar surface area (TPSA) is 66.9 Å². The molecular weight excluding hydrogens is 230 g/mol. The van der Waals surface area contributed by atoms with Crippen LogP contribution in [-0.2, 0) is 7.05 Å². The summed E-state index contributed by atoms with van der Waals surface area (Å²) < 4.78 is 1.02. The Morgan fingerprint density at radius 2 is 1.67 bits per heavy atom. The first kappa shape index (κ1) is 12.2. The molecule has 2 N–H and O–H groups in total. The summed E-state index contributed by atoms with van der Waals surface area (Å²) in [5.74, 6) is 0.396. The Morgan fingerprint density at radius 1 is 1.06 bits per heavy atom. The van der Waals surface area contributed by atoms with Crippen molar-refractivity contribution in [1.29, 1.82) is 0 Å². The number of aryl methyl sites for hydroxylation is 2. The maximum absolute atomic E-state index is 11.5. The molecule has 0 spiro atoms. The Hall–Kier alpha value is -2.30. The molecule has 0 atom stereocenters. The van der Waals surface area contributed by atoms with Gasteiger partial charge in [-0.2, -0.15) is 0 Å². The highest BCUT2D eigenvalue weighted by atomic mass is 16.2. The summed E-state index contributed by atoms with van der Waals surface area (Å²) in [6.07, 6.45) is 0. The maximum atomic E-state index is 11.5. The molecule has 0 aliphatic rings. The third kappa shape index (κ3) is 2.51. The van der Waals surface area contributed by atoms with Crippen molar-refractivity contribution in [3.63, 3.8) is 0 Å². The molecule has 5 heteroatoms. The molecule has 0 saturated carbocycles. The molecule has 0 aliphatic carbocycles. The quantitative estimate of drug-likeness (QED) is 0.841. The zero-order chi connectivity index (χ0) is 13.3. The minimum Gasteiger partial charge on any atom is -0.342 e. The van der Waals surface area contributed by atoms with Gasteiger partial charge in [-0.1, -0.05) is 6.07 Å². The first-order chi connectivity index (χ1) is 8.45. The molecule has 0 saturated heterocycles. The average Bonchev–Trinajstić information content (AvgIpc) is 2.24. The van der Waals surface area contributed by atoms with Crippen LogP contribution in [0.4, 0.5) is 11.5 Å². The number of anilines is 2. The van der Waals surface area contributed by atoms with Gasteiger partial charge in [0.2, 0.25) is 0 Å². The Balaban J connectivity index is 2.40. The van der Waals surface area contributed by atoms with Crippen LogP contribution in [-0.4, -0.2) is 9.55 Å². The average molecular weight is 245 g/mol. The van der Waals surface area contributed by atoms with E-state index in [1.807, 2.05) is 26.0 Å². The van der Waals surface area contributed by atoms with Gasteiger partial charge in [0.15, 0.2) is 0 Å². The van der Waals surface area contributed by atoms with E-state index in [4.69, 9.17) is 0 Å². The van der Waals surface area contributed by atoms with Crippen molar-refractivity contribution in [2.75, 3.05) is 5.32 Å². The predicted octanol–water partition coefficient (Wildman–Crippen LogP) is 1.43. The molecule has 1 aromatic heterocycles. The minimum absolute atomic E-state index is 0.342. The lowest BCUT2D eigenvalue weighted by Crippen LogP contribution is -2.32. The van der Waals surface area contributed by atoms with Crippen LogP contribution in [0.1, 0.15) is 11.1 Å². The van der Waals surface area contributed by atoms with E-state index in [2.05, 4.69) is 16.4 Å². The fourth-order valence-corrected chi connectivity index (χ4v) is 1.83. The van der Waals surface area contributed by atoms with Crippen LogP contribution in [0.2, 0.25) is 0 Å². The first-order valence-electron chi connectivity index (χ1n) is 5.61. The fraction of sp³-hybridized carbons (Fsp3) is 0.231. The monoisotopic (exact) mass is 245 g/mol. The van der Waals surface area contributed by atoms with Crippen molar-refractivity contribution in [2.45, 2.75) is 13.8 Å². The normalized spacial score (nSPS) is 10.4. The number of aromatic nitrogens is 2. The Bertz CT molecular complexity index is 647. The third-order valence-electron chi connectivity index (χ3n) is 2.65. The SMILES string of the molecule is Cc1cc(C)cc(Nc2cc(=O)n(C)c(=O)[nH]2)c1. The highest BCUT2D eigenvalue weighted by molar-refractivity contribution is 5.57. The number of H-pyrrole nitrogens is 1. The van der Waals surface area contributed by atoms with Crippen molar-refractivity contribution >= 4 is 11.5 Å². The first-order valence-corrected chi connectivity index (χ1v) is 5.61. The van der Waals surface area contributed by atoms with Gasteiger partial charge in [-0.05, 0) is 37.1 Å². The molecule has 0 unspecified atom stereocenters. The number of benzene rings is 1. The van der Waals surface area contributed by atoms with Gasteiger partial charge >= 0.3 is 5.69 Å². The number of hydrogen-bond acceptors (Lipinski definition) is 3. The molecule has 2 aromatic rings. The Morgan fingerprint density at radius 3 is 2.22 bits per heavy atom. The highest BCUT2D eigenvalue weighted by Crippen LogP contribution is 2.16. The lowest BCUT2D eigenvalue weighted by Gasteiger charge is -2.08. The second-order valence-corrected chi connectivity index (χ2v) is 4.39. The van der Waals surface area contributed by atoms with Gasteiger partial charge in [0.25, 0.3) is 5.56 Å². The van der Waals surface area contributed by atoms with Crippen LogP contribution in [0.25, 0.3) is 0 Å². The number of rotatable bonds is 2. The van der Waals surface area contributed by atoms with Crippen molar-refractivity contribution in [3.05, 3.63) is 56.2 Å². The lowest BCUT2D eigenvalue weighted by atomic mass is 10.1. The predicted molar refractivity (Wildman–Crippen MR) is 71.5 cm³/mol. The molecule has 5 nitrogen and oxygen atoms in total. The highest BCUT2D eigenvalue weighted by Gasteiger charge is 2.01. The summed E-state index contributed by atoms with van der Waals surface area (Å²) in [6, 6.07) is 7.31. The largest absolute Gasteiger partial charge is 0.342 e. The number of aromatic amines is 1. The van der Waals surface area contributed by atoms with Crippen molar-refractivity contribution < 1.29 is 0 Å². The summed E-state index contributed by atoms with van der Waals surface area (Å²) in [6.45, 7) is 3.98. The molecule has 1 heterocycles. The fourth-order valence-electron chi connectivity index (χ4n) is 1.83. The van der Waals surface area contributed by atoms with E-state index in [0.29, 0.717) is 5.82 Å². The van der Waals surface area contributed by atoms with E-state index >= 15 is 0 Å². The van der Waals surface area contributed by atoms with E-state index in [1.54, 1.807) is 0 Å². The van der Waals surface area contributed by atoms with Gasteiger partial charge in [-0.25, -0.2) is 4.79 Å². The van der Waals surface area contributed by atoms with Gasteiger partial charge in [0.05, 0.1) is 0 Å². The number of hydrogen-bond donors (Lipinski definition) is 2. The summed E-state index contributed by atoms with van der Waals surface area (Å²) in [5, 5.41) is 3.03. The summed E-state index contributed by atoms with van der Waals surface area (Å²) in [4.78, 5) is 25.5. The molecule has 0 radical (unpaired) electrons. The standard InChI is InChI=1S/C13H15N3O2/c1-8-4-9(2)6-10(5-8)14-11-7-12(17)16(3)13(18)15-11/h4-7,14H,1-3H3,(H,15,18). The lowest BCUT2D eigenvalue weighted by molar-refractivity contribution is 0.778. The number of nitrogens with one attached hydrogen (secondary N) is 2. The van der Waals surface area contributed by atoms with Crippen LogP contribution in [0.15, 0.2) is 33.9 Å². The molecule has 0 bridgehead atoms. The molecule has 2 rings (SSSR count). The van der Waals surface area contributed by atoms with Crippen LogP contribution in [0.5, 0.6) is 0 Å². The molecule has 0 aliphatic heterocycles. The van der Waals surface area contributed by atoms with E-state index in [9.17, 15) is 9.59 Å². The maximum Gasteiger partial charge on any atom is 0.329 e. The van der Waals surface area contributed by atoms with Gasteiger partial charge in [-0.3, -0.25) is 14.3 Å². The van der Waals surface area contributed by atoms with Crippen molar-refractivity contribution in [1.82, 2.24) is 9.55 Å². The van der Waals surface area contributed by atoms with Gasteiger partial charge in [-0.15, -0.1) is 0 Å². The Labute approximate surface area is 104 Å². The van der Waals surface area contributed by atoms with E-state index in [1.165, 1.54) is 13.1 Å². The molecule has 94 valence electrons. The zero-order valence-electron chi connectivity index (χ0n) is 10.6. The van der Waals surface area contributed by atoms with Crippen LogP contribution >= 0.6 is 0 Å². The van der Waals surface area contributed by atoms with Crippen LogP contribution in [0.3, 0.4) is 0 Å². The molecule has 18 heavy (non-hydrogen) atoms. The minimum atomic E-state index is -0.436.